The highest BCUT2D eigenvalue weighted by Crippen LogP contribution is 2.29. The molecular weight excluding hydrogens is 348 g/mol. The van der Waals surface area contributed by atoms with Gasteiger partial charge in [0, 0.05) is 37.6 Å². The smallest absolute Gasteiger partial charge is 0.0991 e. The summed E-state index contributed by atoms with van der Waals surface area (Å²) in [6, 6.07) is 15.2. The number of hydrogen-bond acceptors (Lipinski definition) is 5. The van der Waals surface area contributed by atoms with Gasteiger partial charge in [0.2, 0.25) is 0 Å². The van der Waals surface area contributed by atoms with Gasteiger partial charge in [0.25, 0.3) is 0 Å². The van der Waals surface area contributed by atoms with Crippen LogP contribution in [0, 0.1) is 11.3 Å². The fourth-order valence-corrected chi connectivity index (χ4v) is 4.34. The molecule has 2 aromatic rings. The van der Waals surface area contributed by atoms with Crippen LogP contribution in [0.1, 0.15) is 48.5 Å². The first-order chi connectivity index (χ1) is 13.8. The lowest BCUT2D eigenvalue weighted by atomic mass is 9.94. The average molecular weight is 377 g/mol. The van der Waals surface area contributed by atoms with Crippen LogP contribution in [0.4, 0.5) is 0 Å². The average Bonchev–Trinajstić information content (AvgIpc) is 2.77. The quantitative estimate of drug-likeness (QED) is 0.866. The normalized spacial score (nSPS) is 24.0. The molecule has 2 fully saturated rings. The molecule has 4 rings (SSSR count). The van der Waals surface area contributed by atoms with Gasteiger partial charge in [0.15, 0.2) is 0 Å². The predicted molar refractivity (Wildman–Crippen MR) is 109 cm³/mol. The zero-order valence-electron chi connectivity index (χ0n) is 16.3. The summed E-state index contributed by atoms with van der Waals surface area (Å²) in [6.07, 6.45) is 8.45. The highest BCUT2D eigenvalue weighted by atomic mass is 16.5. The monoisotopic (exact) mass is 376 g/mol. The largest absolute Gasteiger partial charge is 0.372 e. The van der Waals surface area contributed by atoms with Crippen molar-refractivity contribution in [1.29, 1.82) is 5.26 Å². The molecule has 0 radical (unpaired) electrons. The maximum absolute atomic E-state index is 8.93. The van der Waals surface area contributed by atoms with Crippen LogP contribution in [0.3, 0.4) is 0 Å². The van der Waals surface area contributed by atoms with Gasteiger partial charge in [-0.25, -0.2) is 0 Å². The molecular formula is C23H28N4O. The number of piperidine rings is 1. The van der Waals surface area contributed by atoms with Gasteiger partial charge >= 0.3 is 0 Å². The number of benzene rings is 1. The van der Waals surface area contributed by atoms with Crippen molar-refractivity contribution >= 4 is 0 Å². The van der Waals surface area contributed by atoms with E-state index in [9.17, 15) is 0 Å². The van der Waals surface area contributed by atoms with E-state index in [4.69, 9.17) is 10.00 Å². The number of likely N-dealkylation sites (tertiary alicyclic amines) is 1. The molecule has 0 amide bonds. The Morgan fingerprint density at radius 1 is 1.07 bits per heavy atom. The van der Waals surface area contributed by atoms with E-state index in [1.807, 2.05) is 24.5 Å². The predicted octanol–water partition coefficient (Wildman–Crippen LogP) is 3.43. The SMILES string of the molecule is N#Cc1ccc(CN2CCC(N[C@H]3CCCO[C@@H]3c3ccncc3)CC2)cc1. The molecule has 2 aliphatic rings. The molecule has 0 saturated carbocycles. The third-order valence-corrected chi connectivity index (χ3v) is 5.88. The van der Waals surface area contributed by atoms with Crippen LogP contribution in [0.5, 0.6) is 0 Å². The third kappa shape index (κ3) is 4.77. The number of ether oxygens (including phenoxy) is 1. The number of nitrogens with zero attached hydrogens (tertiary/aromatic N) is 3. The van der Waals surface area contributed by atoms with Gasteiger partial charge in [-0.2, -0.15) is 5.26 Å². The third-order valence-electron chi connectivity index (χ3n) is 5.88. The van der Waals surface area contributed by atoms with Crippen LogP contribution in [-0.2, 0) is 11.3 Å². The van der Waals surface area contributed by atoms with Crippen LogP contribution in [0.15, 0.2) is 48.8 Å². The molecule has 2 aliphatic heterocycles. The summed E-state index contributed by atoms with van der Waals surface area (Å²) >= 11 is 0. The summed E-state index contributed by atoms with van der Waals surface area (Å²) in [5.74, 6) is 0. The van der Waals surface area contributed by atoms with Crippen molar-refractivity contribution in [3.63, 3.8) is 0 Å². The van der Waals surface area contributed by atoms with Crippen molar-refractivity contribution in [1.82, 2.24) is 15.2 Å². The molecule has 0 unspecified atom stereocenters. The zero-order chi connectivity index (χ0) is 19.2. The summed E-state index contributed by atoms with van der Waals surface area (Å²) in [7, 11) is 0. The van der Waals surface area contributed by atoms with E-state index in [2.05, 4.69) is 45.5 Å². The van der Waals surface area contributed by atoms with Crippen molar-refractivity contribution in [3.8, 4) is 6.07 Å². The van der Waals surface area contributed by atoms with Crippen LogP contribution < -0.4 is 5.32 Å². The van der Waals surface area contributed by atoms with E-state index in [1.54, 1.807) is 0 Å². The second-order valence-corrected chi connectivity index (χ2v) is 7.85. The molecule has 5 nitrogen and oxygen atoms in total. The van der Waals surface area contributed by atoms with E-state index >= 15 is 0 Å². The first kappa shape index (κ1) is 19.1. The zero-order valence-corrected chi connectivity index (χ0v) is 16.3. The summed E-state index contributed by atoms with van der Waals surface area (Å²) in [5, 5.41) is 12.8. The Bertz CT molecular complexity index is 778. The first-order valence-electron chi connectivity index (χ1n) is 10.3. The van der Waals surface area contributed by atoms with Gasteiger partial charge in [0.1, 0.15) is 0 Å². The van der Waals surface area contributed by atoms with Crippen molar-refractivity contribution in [3.05, 3.63) is 65.5 Å². The van der Waals surface area contributed by atoms with Crippen LogP contribution in [0.2, 0.25) is 0 Å². The topological polar surface area (TPSA) is 61.2 Å². The van der Waals surface area contributed by atoms with E-state index in [0.29, 0.717) is 12.1 Å². The van der Waals surface area contributed by atoms with Crippen molar-refractivity contribution < 1.29 is 4.74 Å². The number of nitrogens with one attached hydrogen (secondary N) is 1. The minimum atomic E-state index is 0.133. The molecule has 1 aromatic heterocycles. The molecule has 3 heterocycles. The number of pyridine rings is 1. The lowest BCUT2D eigenvalue weighted by molar-refractivity contribution is -0.0163. The van der Waals surface area contributed by atoms with E-state index in [-0.39, 0.29) is 6.10 Å². The Kier molecular flexibility index (Phi) is 6.33. The highest BCUT2D eigenvalue weighted by molar-refractivity contribution is 5.31. The molecule has 2 atom stereocenters. The van der Waals surface area contributed by atoms with E-state index < -0.39 is 0 Å². The summed E-state index contributed by atoms with van der Waals surface area (Å²) in [6.45, 7) is 4.01. The van der Waals surface area contributed by atoms with Gasteiger partial charge in [-0.05, 0) is 74.2 Å². The Morgan fingerprint density at radius 3 is 2.54 bits per heavy atom. The van der Waals surface area contributed by atoms with E-state index in [1.165, 1.54) is 17.5 Å². The Labute approximate surface area is 167 Å². The van der Waals surface area contributed by atoms with Crippen LogP contribution in [0.25, 0.3) is 0 Å². The Balaban J connectivity index is 1.29. The number of aromatic nitrogens is 1. The van der Waals surface area contributed by atoms with Gasteiger partial charge in [0.05, 0.1) is 17.7 Å². The lowest BCUT2D eigenvalue weighted by Crippen LogP contribution is -2.49. The molecule has 0 spiro atoms. The van der Waals surface area contributed by atoms with Crippen LogP contribution in [-0.4, -0.2) is 41.7 Å². The number of nitriles is 1. The van der Waals surface area contributed by atoms with E-state index in [0.717, 1.165) is 51.1 Å². The maximum atomic E-state index is 8.93. The maximum Gasteiger partial charge on any atom is 0.0991 e. The molecule has 0 bridgehead atoms. The molecule has 2 saturated heterocycles. The minimum Gasteiger partial charge on any atom is -0.372 e. The van der Waals surface area contributed by atoms with Crippen molar-refractivity contribution in [2.24, 2.45) is 0 Å². The summed E-state index contributed by atoms with van der Waals surface area (Å²) < 4.78 is 6.11. The second kappa shape index (κ2) is 9.29. The van der Waals surface area contributed by atoms with Crippen molar-refractivity contribution in [2.75, 3.05) is 19.7 Å². The summed E-state index contributed by atoms with van der Waals surface area (Å²) in [5.41, 5.74) is 3.24. The first-order valence-corrected chi connectivity index (χ1v) is 10.3. The summed E-state index contributed by atoms with van der Waals surface area (Å²) in [4.78, 5) is 6.65. The fourth-order valence-electron chi connectivity index (χ4n) is 4.34. The Morgan fingerprint density at radius 2 is 1.82 bits per heavy atom. The standard InChI is InChI=1S/C23H28N4O/c24-16-18-3-5-19(6-4-18)17-27-13-9-21(10-14-27)26-22-2-1-15-28-23(22)20-7-11-25-12-8-20/h3-8,11-12,21-23,26H,1-2,9-10,13-15,17H2/t22-,23+/m0/s1. The van der Waals surface area contributed by atoms with Crippen LogP contribution >= 0.6 is 0 Å². The second-order valence-electron chi connectivity index (χ2n) is 7.85. The van der Waals surface area contributed by atoms with Crippen molar-refractivity contribution in [2.45, 2.75) is 50.4 Å². The lowest BCUT2D eigenvalue weighted by Gasteiger charge is -2.38. The molecule has 0 aliphatic carbocycles. The number of rotatable bonds is 5. The molecule has 28 heavy (non-hydrogen) atoms. The van der Waals surface area contributed by atoms with Gasteiger partial charge in [-0.3, -0.25) is 9.88 Å². The Hall–Kier alpha value is -2.26. The molecule has 1 N–H and O–H groups in total. The van der Waals surface area contributed by atoms with Gasteiger partial charge in [-0.15, -0.1) is 0 Å². The minimum absolute atomic E-state index is 0.133. The molecule has 1 aromatic carbocycles. The molecule has 146 valence electrons. The fraction of sp³-hybridized carbons (Fsp3) is 0.478. The highest BCUT2D eigenvalue weighted by Gasteiger charge is 2.30. The number of hydrogen-bond donors (Lipinski definition) is 1. The van der Waals surface area contributed by atoms with Gasteiger partial charge < -0.3 is 10.1 Å². The van der Waals surface area contributed by atoms with Gasteiger partial charge in [-0.1, -0.05) is 12.1 Å². The molecule has 5 heteroatoms.